The summed E-state index contributed by atoms with van der Waals surface area (Å²) >= 11 is 2.25. The van der Waals surface area contributed by atoms with Gasteiger partial charge in [-0.1, -0.05) is 0 Å². The van der Waals surface area contributed by atoms with Crippen LogP contribution in [0.15, 0.2) is 18.2 Å². The highest BCUT2D eigenvalue weighted by atomic mass is 127. The second-order valence-corrected chi connectivity index (χ2v) is 4.65. The van der Waals surface area contributed by atoms with Gasteiger partial charge in [0, 0.05) is 15.7 Å². The molecule has 0 fully saturated rings. The van der Waals surface area contributed by atoms with Crippen LogP contribution < -0.4 is 11.1 Å². The van der Waals surface area contributed by atoms with E-state index in [1.807, 2.05) is 25.1 Å². The fraction of sp³-hybridized carbons (Fsp3) is 0.364. The maximum absolute atomic E-state index is 11.4. The van der Waals surface area contributed by atoms with Crippen molar-refractivity contribution in [3.8, 4) is 0 Å². The van der Waals surface area contributed by atoms with Gasteiger partial charge in [-0.25, -0.2) is 0 Å². The van der Waals surface area contributed by atoms with E-state index in [1.165, 1.54) is 3.57 Å². The fourth-order valence-electron chi connectivity index (χ4n) is 1.24. The van der Waals surface area contributed by atoms with Gasteiger partial charge in [0.25, 0.3) is 0 Å². The zero-order chi connectivity index (χ0) is 11.3. The van der Waals surface area contributed by atoms with Gasteiger partial charge in [0.1, 0.15) is 0 Å². The molecular formula is C11H16ClIN2O. The second kappa shape index (κ2) is 7.86. The van der Waals surface area contributed by atoms with Crippen molar-refractivity contribution in [2.75, 3.05) is 11.9 Å². The van der Waals surface area contributed by atoms with Gasteiger partial charge >= 0.3 is 0 Å². The SMILES string of the molecule is Cc1cc(I)ccc1NC(=O)CCCN.Cl. The van der Waals surface area contributed by atoms with Crippen LogP contribution in [0.4, 0.5) is 5.69 Å². The number of nitrogens with two attached hydrogens (primary N) is 1. The third-order valence-electron chi connectivity index (χ3n) is 2.07. The molecule has 0 saturated heterocycles. The number of carbonyl (C=O) groups is 1. The Morgan fingerprint density at radius 2 is 2.19 bits per heavy atom. The molecule has 90 valence electrons. The van der Waals surface area contributed by atoms with E-state index in [9.17, 15) is 4.79 Å². The molecule has 3 N–H and O–H groups in total. The lowest BCUT2D eigenvalue weighted by atomic mass is 10.2. The van der Waals surface area contributed by atoms with Crippen molar-refractivity contribution < 1.29 is 4.79 Å². The van der Waals surface area contributed by atoms with Crippen LogP contribution in [-0.4, -0.2) is 12.5 Å². The zero-order valence-electron chi connectivity index (χ0n) is 9.13. The Morgan fingerprint density at radius 1 is 1.50 bits per heavy atom. The molecule has 0 spiro atoms. The lowest BCUT2D eigenvalue weighted by Crippen LogP contribution is -2.14. The Labute approximate surface area is 116 Å². The number of anilines is 1. The topological polar surface area (TPSA) is 55.1 Å². The Balaban J connectivity index is 0.00000225. The summed E-state index contributed by atoms with van der Waals surface area (Å²) in [5.74, 6) is 0.0322. The van der Waals surface area contributed by atoms with E-state index in [-0.39, 0.29) is 18.3 Å². The normalized spacial score (nSPS) is 9.44. The Bertz CT molecular complexity index is 358. The number of aryl methyl sites for hydroxylation is 1. The fourth-order valence-corrected chi connectivity index (χ4v) is 1.89. The predicted molar refractivity (Wildman–Crippen MR) is 78.1 cm³/mol. The summed E-state index contributed by atoms with van der Waals surface area (Å²) in [6.45, 7) is 2.54. The minimum Gasteiger partial charge on any atom is -0.330 e. The third kappa shape index (κ3) is 5.14. The third-order valence-corrected chi connectivity index (χ3v) is 2.74. The average Bonchev–Trinajstić information content (AvgIpc) is 2.19. The lowest BCUT2D eigenvalue weighted by Gasteiger charge is -2.08. The molecule has 0 aliphatic carbocycles. The van der Waals surface area contributed by atoms with Gasteiger partial charge in [0.15, 0.2) is 0 Å². The molecule has 1 aromatic carbocycles. The van der Waals surface area contributed by atoms with E-state index >= 15 is 0 Å². The van der Waals surface area contributed by atoms with E-state index < -0.39 is 0 Å². The van der Waals surface area contributed by atoms with Gasteiger partial charge in [0.2, 0.25) is 5.91 Å². The molecule has 5 heteroatoms. The monoisotopic (exact) mass is 354 g/mol. The van der Waals surface area contributed by atoms with Crippen molar-refractivity contribution >= 4 is 46.6 Å². The number of rotatable bonds is 4. The summed E-state index contributed by atoms with van der Waals surface area (Å²) in [7, 11) is 0. The Kier molecular flexibility index (Phi) is 7.70. The summed E-state index contributed by atoms with van der Waals surface area (Å²) in [6, 6.07) is 5.95. The van der Waals surface area contributed by atoms with Crippen molar-refractivity contribution in [3.05, 3.63) is 27.3 Å². The van der Waals surface area contributed by atoms with Crippen LogP contribution in [0.2, 0.25) is 0 Å². The quantitative estimate of drug-likeness (QED) is 0.817. The number of halogens is 2. The van der Waals surface area contributed by atoms with Crippen LogP contribution in [0, 0.1) is 10.5 Å². The number of hydrogen-bond donors (Lipinski definition) is 2. The summed E-state index contributed by atoms with van der Waals surface area (Å²) in [5, 5.41) is 2.87. The highest BCUT2D eigenvalue weighted by Gasteiger charge is 2.03. The number of nitrogens with one attached hydrogen (secondary N) is 1. The van der Waals surface area contributed by atoms with Crippen molar-refractivity contribution in [3.63, 3.8) is 0 Å². The maximum Gasteiger partial charge on any atom is 0.224 e. The molecule has 0 heterocycles. The molecule has 1 rings (SSSR count). The summed E-state index contributed by atoms with van der Waals surface area (Å²) in [5.41, 5.74) is 7.31. The number of benzene rings is 1. The Hall–Kier alpha value is -0.330. The van der Waals surface area contributed by atoms with Crippen molar-refractivity contribution in [2.45, 2.75) is 19.8 Å². The highest BCUT2D eigenvalue weighted by molar-refractivity contribution is 14.1. The standard InChI is InChI=1S/C11H15IN2O.ClH/c1-8-7-9(12)4-5-10(8)14-11(15)3-2-6-13;/h4-5,7H,2-3,6,13H2,1H3,(H,14,15);1H. The van der Waals surface area contributed by atoms with Crippen molar-refractivity contribution in [1.82, 2.24) is 0 Å². The zero-order valence-corrected chi connectivity index (χ0v) is 12.1. The Morgan fingerprint density at radius 3 is 2.75 bits per heavy atom. The summed E-state index contributed by atoms with van der Waals surface area (Å²) < 4.78 is 1.17. The molecule has 0 aromatic heterocycles. The molecule has 0 bridgehead atoms. The summed E-state index contributed by atoms with van der Waals surface area (Å²) in [4.78, 5) is 11.4. The van der Waals surface area contributed by atoms with E-state index in [0.29, 0.717) is 13.0 Å². The number of hydrogen-bond acceptors (Lipinski definition) is 2. The first-order valence-electron chi connectivity index (χ1n) is 4.89. The molecule has 0 atom stereocenters. The molecule has 0 aliphatic rings. The first kappa shape index (κ1) is 15.7. The highest BCUT2D eigenvalue weighted by Crippen LogP contribution is 2.17. The van der Waals surface area contributed by atoms with E-state index in [4.69, 9.17) is 5.73 Å². The largest absolute Gasteiger partial charge is 0.330 e. The summed E-state index contributed by atoms with van der Waals surface area (Å²) in [6.07, 6.45) is 1.22. The average molecular weight is 355 g/mol. The van der Waals surface area contributed by atoms with Crippen molar-refractivity contribution in [1.29, 1.82) is 0 Å². The number of carbonyl (C=O) groups excluding carboxylic acids is 1. The molecule has 1 aromatic rings. The van der Waals surface area contributed by atoms with E-state index in [2.05, 4.69) is 27.9 Å². The van der Waals surface area contributed by atoms with Gasteiger partial charge in [-0.05, 0) is 66.2 Å². The smallest absolute Gasteiger partial charge is 0.224 e. The lowest BCUT2D eigenvalue weighted by molar-refractivity contribution is -0.116. The molecule has 1 amide bonds. The van der Waals surface area contributed by atoms with Gasteiger partial charge < -0.3 is 11.1 Å². The number of amides is 1. The molecule has 0 saturated carbocycles. The van der Waals surface area contributed by atoms with Crippen LogP contribution in [0.3, 0.4) is 0 Å². The van der Waals surface area contributed by atoms with Crippen LogP contribution in [0.5, 0.6) is 0 Å². The first-order valence-corrected chi connectivity index (χ1v) is 5.97. The second-order valence-electron chi connectivity index (χ2n) is 3.40. The predicted octanol–water partition coefficient (Wildman–Crippen LogP) is 2.70. The molecule has 16 heavy (non-hydrogen) atoms. The molecule has 0 radical (unpaired) electrons. The van der Waals surface area contributed by atoms with Crippen molar-refractivity contribution in [2.24, 2.45) is 5.73 Å². The van der Waals surface area contributed by atoms with Gasteiger partial charge in [-0.3, -0.25) is 4.79 Å². The van der Waals surface area contributed by atoms with Crippen LogP contribution in [0.1, 0.15) is 18.4 Å². The van der Waals surface area contributed by atoms with Gasteiger partial charge in [-0.15, -0.1) is 12.4 Å². The molecular weight excluding hydrogens is 338 g/mol. The van der Waals surface area contributed by atoms with Crippen LogP contribution in [-0.2, 0) is 4.79 Å². The molecule has 3 nitrogen and oxygen atoms in total. The van der Waals surface area contributed by atoms with Crippen LogP contribution in [0.25, 0.3) is 0 Å². The van der Waals surface area contributed by atoms with Gasteiger partial charge in [0.05, 0.1) is 0 Å². The van der Waals surface area contributed by atoms with Crippen LogP contribution >= 0.6 is 35.0 Å². The minimum absolute atomic E-state index is 0. The maximum atomic E-state index is 11.4. The molecule has 0 aliphatic heterocycles. The molecule has 0 unspecified atom stereocenters. The first-order chi connectivity index (χ1) is 7.13. The van der Waals surface area contributed by atoms with Gasteiger partial charge in [-0.2, -0.15) is 0 Å². The van der Waals surface area contributed by atoms with E-state index in [0.717, 1.165) is 17.7 Å². The van der Waals surface area contributed by atoms with E-state index in [1.54, 1.807) is 0 Å². The minimum atomic E-state index is 0.